The number of urea groups is 1. The number of carbonyl (C=O) groups excluding carboxylic acids is 1. The first kappa shape index (κ1) is 17.4. The Balaban J connectivity index is 1.61. The van der Waals surface area contributed by atoms with E-state index in [1.165, 1.54) is 0 Å². The first-order chi connectivity index (χ1) is 12.0. The molecule has 0 radical (unpaired) electrons. The lowest BCUT2D eigenvalue weighted by atomic mass is 10.0. The monoisotopic (exact) mass is 345 g/mol. The zero-order valence-corrected chi connectivity index (χ0v) is 15.4. The van der Waals surface area contributed by atoms with E-state index in [9.17, 15) is 4.79 Å². The van der Waals surface area contributed by atoms with Crippen LogP contribution in [0, 0.1) is 13.8 Å². The van der Waals surface area contributed by atoms with Gasteiger partial charge in [-0.2, -0.15) is 10.2 Å². The molecular weight excluding hydrogens is 318 g/mol. The van der Waals surface area contributed by atoms with Crippen LogP contribution in [0.15, 0.2) is 12.7 Å². The van der Waals surface area contributed by atoms with Gasteiger partial charge in [-0.3, -0.25) is 4.68 Å². The Kier molecular flexibility index (Phi) is 5.06. The lowest BCUT2D eigenvalue weighted by molar-refractivity contribution is 0.165. The average Bonchev–Trinajstić information content (AvgIpc) is 3.22. The van der Waals surface area contributed by atoms with Crippen molar-refractivity contribution in [1.29, 1.82) is 0 Å². The van der Waals surface area contributed by atoms with Crippen LogP contribution in [0.5, 0.6) is 0 Å². The molecule has 2 amide bonds. The number of hydrogen-bond acceptors (Lipinski definition) is 4. The highest BCUT2D eigenvalue weighted by molar-refractivity contribution is 5.75. The van der Waals surface area contributed by atoms with Gasteiger partial charge in [-0.1, -0.05) is 6.92 Å². The van der Waals surface area contributed by atoms with E-state index in [0.29, 0.717) is 6.04 Å². The summed E-state index contributed by atoms with van der Waals surface area (Å²) < 4.78 is 3.77. The van der Waals surface area contributed by atoms with Gasteiger partial charge in [0.05, 0.1) is 17.8 Å². The Hall–Kier alpha value is -2.38. The quantitative estimate of drug-likeness (QED) is 0.920. The summed E-state index contributed by atoms with van der Waals surface area (Å²) in [4.78, 5) is 18.6. The van der Waals surface area contributed by atoms with Crippen molar-refractivity contribution in [3.05, 3.63) is 29.6 Å². The van der Waals surface area contributed by atoms with Crippen LogP contribution in [0.4, 0.5) is 4.79 Å². The Bertz CT molecular complexity index is 714. The van der Waals surface area contributed by atoms with Crippen molar-refractivity contribution >= 4 is 6.03 Å². The number of aromatic nitrogens is 5. The summed E-state index contributed by atoms with van der Waals surface area (Å²) in [6.07, 6.45) is 5.95. The third-order valence-electron chi connectivity index (χ3n) is 5.18. The summed E-state index contributed by atoms with van der Waals surface area (Å²) in [5.74, 6) is 0. The standard InChI is InChI=1S/C17H27N7O/c1-5-15(16-12(2)21-22(4)13(16)3)20-17(25)23-8-6-14(7-9-23)24-11-18-10-19-24/h10-11,14-15H,5-9H2,1-4H3,(H,20,25). The molecule has 1 fully saturated rings. The maximum Gasteiger partial charge on any atom is 0.317 e. The van der Waals surface area contributed by atoms with Crippen LogP contribution in [0.3, 0.4) is 0 Å². The average molecular weight is 345 g/mol. The predicted molar refractivity (Wildman–Crippen MR) is 94.1 cm³/mol. The van der Waals surface area contributed by atoms with Crippen LogP contribution >= 0.6 is 0 Å². The lowest BCUT2D eigenvalue weighted by Gasteiger charge is -2.33. The molecule has 2 aromatic rings. The number of carbonyl (C=O) groups is 1. The molecule has 1 aliphatic rings. The van der Waals surface area contributed by atoms with Crippen LogP contribution in [-0.4, -0.2) is 48.6 Å². The van der Waals surface area contributed by atoms with E-state index in [1.807, 2.05) is 35.2 Å². The van der Waals surface area contributed by atoms with Gasteiger partial charge in [-0.25, -0.2) is 14.5 Å². The number of hydrogen-bond donors (Lipinski definition) is 1. The highest BCUT2D eigenvalue weighted by Crippen LogP contribution is 2.25. The zero-order valence-electron chi connectivity index (χ0n) is 15.4. The van der Waals surface area contributed by atoms with Crippen LogP contribution in [0.1, 0.15) is 55.2 Å². The molecule has 136 valence electrons. The first-order valence-electron chi connectivity index (χ1n) is 8.90. The molecule has 3 heterocycles. The molecule has 25 heavy (non-hydrogen) atoms. The van der Waals surface area contributed by atoms with Crippen molar-refractivity contribution in [2.24, 2.45) is 7.05 Å². The van der Waals surface area contributed by atoms with Gasteiger partial charge in [-0.15, -0.1) is 0 Å². The van der Waals surface area contributed by atoms with Crippen molar-refractivity contribution < 1.29 is 4.79 Å². The molecule has 0 bridgehead atoms. The molecule has 0 aromatic carbocycles. The predicted octanol–water partition coefficient (Wildman–Crippen LogP) is 2.13. The van der Waals surface area contributed by atoms with Crippen molar-refractivity contribution in [1.82, 2.24) is 34.8 Å². The van der Waals surface area contributed by atoms with E-state index in [0.717, 1.165) is 49.3 Å². The highest BCUT2D eigenvalue weighted by atomic mass is 16.2. The maximum atomic E-state index is 12.7. The number of likely N-dealkylation sites (tertiary alicyclic amines) is 1. The van der Waals surface area contributed by atoms with Crippen LogP contribution in [0.2, 0.25) is 0 Å². The van der Waals surface area contributed by atoms with Gasteiger partial charge in [0.25, 0.3) is 0 Å². The fraction of sp³-hybridized carbons (Fsp3) is 0.647. The Morgan fingerprint density at radius 2 is 2.08 bits per heavy atom. The molecule has 0 spiro atoms. The second-order valence-electron chi connectivity index (χ2n) is 6.71. The van der Waals surface area contributed by atoms with Gasteiger partial charge < -0.3 is 10.2 Å². The van der Waals surface area contributed by atoms with Gasteiger partial charge in [0.1, 0.15) is 12.7 Å². The van der Waals surface area contributed by atoms with E-state index >= 15 is 0 Å². The molecule has 0 saturated carbocycles. The Morgan fingerprint density at radius 1 is 1.36 bits per heavy atom. The number of nitrogens with zero attached hydrogens (tertiary/aromatic N) is 6. The van der Waals surface area contributed by atoms with Gasteiger partial charge >= 0.3 is 6.03 Å². The summed E-state index contributed by atoms with van der Waals surface area (Å²) in [6.45, 7) is 7.61. The van der Waals surface area contributed by atoms with E-state index in [-0.39, 0.29) is 12.1 Å². The Morgan fingerprint density at radius 3 is 2.60 bits per heavy atom. The molecule has 1 unspecified atom stereocenters. The minimum Gasteiger partial charge on any atom is -0.331 e. The summed E-state index contributed by atoms with van der Waals surface area (Å²) in [5, 5.41) is 11.9. The minimum absolute atomic E-state index is 0.00533. The number of aryl methyl sites for hydroxylation is 2. The Labute approximate surface area is 148 Å². The summed E-state index contributed by atoms with van der Waals surface area (Å²) in [7, 11) is 1.94. The van der Waals surface area contributed by atoms with Crippen LogP contribution < -0.4 is 5.32 Å². The molecule has 1 N–H and O–H groups in total. The minimum atomic E-state index is -0.00533. The lowest BCUT2D eigenvalue weighted by Crippen LogP contribution is -2.46. The van der Waals surface area contributed by atoms with Gasteiger partial charge in [0.2, 0.25) is 0 Å². The topological polar surface area (TPSA) is 80.9 Å². The van der Waals surface area contributed by atoms with E-state index in [2.05, 4.69) is 27.4 Å². The molecule has 8 heteroatoms. The van der Waals surface area contributed by atoms with Gasteiger partial charge in [-0.05, 0) is 33.1 Å². The van der Waals surface area contributed by atoms with Gasteiger partial charge in [0.15, 0.2) is 0 Å². The molecule has 1 atom stereocenters. The molecule has 2 aromatic heterocycles. The third-order valence-corrected chi connectivity index (χ3v) is 5.18. The highest BCUT2D eigenvalue weighted by Gasteiger charge is 2.27. The number of nitrogens with one attached hydrogen (secondary N) is 1. The zero-order chi connectivity index (χ0) is 18.0. The van der Waals surface area contributed by atoms with E-state index in [4.69, 9.17) is 0 Å². The van der Waals surface area contributed by atoms with E-state index < -0.39 is 0 Å². The second-order valence-corrected chi connectivity index (χ2v) is 6.71. The molecule has 1 saturated heterocycles. The molecule has 1 aliphatic heterocycles. The van der Waals surface area contributed by atoms with Crippen LogP contribution in [-0.2, 0) is 7.05 Å². The summed E-state index contributed by atoms with van der Waals surface area (Å²) in [5.41, 5.74) is 3.22. The normalized spacial score (nSPS) is 16.9. The molecular formula is C17H27N7O. The van der Waals surface area contributed by atoms with E-state index in [1.54, 1.807) is 12.7 Å². The fourth-order valence-electron chi connectivity index (χ4n) is 3.65. The molecule has 3 rings (SSSR count). The third kappa shape index (κ3) is 3.52. The largest absolute Gasteiger partial charge is 0.331 e. The van der Waals surface area contributed by atoms with Gasteiger partial charge in [0, 0.05) is 31.4 Å². The van der Waals surface area contributed by atoms with Crippen LogP contribution in [0.25, 0.3) is 0 Å². The summed E-state index contributed by atoms with van der Waals surface area (Å²) in [6, 6.07) is 0.331. The SMILES string of the molecule is CCC(NC(=O)N1CCC(n2cncn2)CC1)c1c(C)nn(C)c1C. The van der Waals surface area contributed by atoms with Crippen molar-refractivity contribution in [3.63, 3.8) is 0 Å². The molecule has 8 nitrogen and oxygen atoms in total. The van der Waals surface area contributed by atoms with Crippen molar-refractivity contribution in [2.45, 2.75) is 52.1 Å². The number of rotatable bonds is 4. The summed E-state index contributed by atoms with van der Waals surface area (Å²) >= 11 is 0. The second kappa shape index (κ2) is 7.25. The smallest absolute Gasteiger partial charge is 0.317 e. The number of amides is 2. The fourth-order valence-corrected chi connectivity index (χ4v) is 3.65. The number of piperidine rings is 1. The van der Waals surface area contributed by atoms with Crippen molar-refractivity contribution in [2.75, 3.05) is 13.1 Å². The molecule has 0 aliphatic carbocycles. The first-order valence-corrected chi connectivity index (χ1v) is 8.90. The maximum absolute atomic E-state index is 12.7. The van der Waals surface area contributed by atoms with Crippen molar-refractivity contribution in [3.8, 4) is 0 Å².